The lowest BCUT2D eigenvalue weighted by Gasteiger charge is -2.41. The molecule has 1 aromatic carbocycles. The molecule has 33 heavy (non-hydrogen) atoms. The van der Waals surface area contributed by atoms with Crippen molar-refractivity contribution in [1.82, 2.24) is 10.6 Å². The molecule has 0 aliphatic heterocycles. The molecule has 1 aliphatic rings. The van der Waals surface area contributed by atoms with Crippen molar-refractivity contribution in [2.24, 2.45) is 0 Å². The van der Waals surface area contributed by atoms with Crippen LogP contribution in [0.1, 0.15) is 72.8 Å². The van der Waals surface area contributed by atoms with E-state index in [4.69, 9.17) is 20.8 Å². The third kappa shape index (κ3) is 8.57. The quantitative estimate of drug-likeness (QED) is 0.312. The van der Waals surface area contributed by atoms with Crippen LogP contribution in [-0.4, -0.2) is 45.7 Å². The van der Waals surface area contributed by atoms with Crippen LogP contribution in [0, 0.1) is 0 Å². The number of halogens is 1. The first-order valence-corrected chi connectivity index (χ1v) is 15.5. The van der Waals surface area contributed by atoms with Crippen LogP contribution in [0.3, 0.4) is 0 Å². The molecule has 0 saturated heterocycles. The smallest absolute Gasteiger partial charge is 0.407 e. The van der Waals surface area contributed by atoms with Gasteiger partial charge in [0, 0.05) is 36.2 Å². The number of hydrogen-bond donors (Lipinski definition) is 2. The highest BCUT2D eigenvalue weighted by Gasteiger charge is 2.39. The molecule has 0 bridgehead atoms. The lowest BCUT2D eigenvalue weighted by atomic mass is 9.68. The van der Waals surface area contributed by atoms with Crippen molar-refractivity contribution in [2.75, 3.05) is 19.7 Å². The second-order valence-corrected chi connectivity index (χ2v) is 17.2. The van der Waals surface area contributed by atoms with Crippen LogP contribution in [0.15, 0.2) is 24.3 Å². The maximum atomic E-state index is 12.3. The molecular weight excluding hydrogens is 452 g/mol. The van der Waals surface area contributed by atoms with E-state index in [1.165, 1.54) is 5.56 Å². The van der Waals surface area contributed by atoms with E-state index in [-0.39, 0.29) is 16.5 Å². The highest BCUT2D eigenvalue weighted by atomic mass is 35.5. The number of nitrogens with one attached hydrogen (secondary N) is 2. The molecule has 7 heteroatoms. The largest absolute Gasteiger partial charge is 0.444 e. The summed E-state index contributed by atoms with van der Waals surface area (Å²) in [6.07, 6.45) is 3.67. The van der Waals surface area contributed by atoms with E-state index in [9.17, 15) is 4.79 Å². The van der Waals surface area contributed by atoms with Gasteiger partial charge < -0.3 is 19.8 Å². The minimum Gasteiger partial charge on any atom is -0.444 e. The summed E-state index contributed by atoms with van der Waals surface area (Å²) in [6, 6.07) is 8.52. The molecule has 1 aromatic rings. The van der Waals surface area contributed by atoms with Crippen molar-refractivity contribution >= 4 is 26.0 Å². The minimum atomic E-state index is -1.71. The fraction of sp³-hybridized carbons (Fsp3) is 0.731. The van der Waals surface area contributed by atoms with Crippen LogP contribution in [-0.2, 0) is 14.6 Å². The van der Waals surface area contributed by atoms with Gasteiger partial charge in [-0.2, -0.15) is 0 Å². The average Bonchev–Trinajstić information content (AvgIpc) is 2.68. The fourth-order valence-corrected chi connectivity index (χ4v) is 5.34. The van der Waals surface area contributed by atoms with E-state index in [0.717, 1.165) is 43.9 Å². The molecule has 0 aromatic heterocycles. The number of benzene rings is 1. The maximum Gasteiger partial charge on any atom is 0.407 e. The summed E-state index contributed by atoms with van der Waals surface area (Å²) in [7, 11) is -1.71. The Hall–Kier alpha value is -1.08. The summed E-state index contributed by atoms with van der Waals surface area (Å²) < 4.78 is 11.8. The van der Waals surface area contributed by atoms with E-state index in [2.05, 4.69) is 50.6 Å². The van der Waals surface area contributed by atoms with Gasteiger partial charge in [-0.3, -0.25) is 0 Å². The maximum absolute atomic E-state index is 12.3. The van der Waals surface area contributed by atoms with E-state index >= 15 is 0 Å². The Balaban J connectivity index is 1.95. The molecule has 5 nitrogen and oxygen atoms in total. The van der Waals surface area contributed by atoms with E-state index < -0.39 is 13.9 Å². The third-order valence-corrected chi connectivity index (χ3v) is 11.9. The summed E-state index contributed by atoms with van der Waals surface area (Å²) in [5, 5.41) is 7.69. The predicted octanol–water partition coefficient (Wildman–Crippen LogP) is 6.66. The Bertz CT molecular complexity index is 778. The summed E-state index contributed by atoms with van der Waals surface area (Å²) in [5.74, 6) is 0. The highest BCUT2D eigenvalue weighted by molar-refractivity contribution is 6.74. The first kappa shape index (κ1) is 28.2. The number of ether oxygens (including phenoxy) is 1. The van der Waals surface area contributed by atoms with Gasteiger partial charge in [-0.25, -0.2) is 4.79 Å². The van der Waals surface area contributed by atoms with Gasteiger partial charge in [0.05, 0.1) is 0 Å². The molecule has 2 rings (SSSR count). The Labute approximate surface area is 207 Å². The summed E-state index contributed by atoms with van der Waals surface area (Å²) in [5.41, 5.74) is 0.532. The van der Waals surface area contributed by atoms with Gasteiger partial charge in [-0.1, -0.05) is 44.5 Å². The van der Waals surface area contributed by atoms with Crippen molar-refractivity contribution in [3.63, 3.8) is 0 Å². The Morgan fingerprint density at radius 2 is 1.79 bits per heavy atom. The van der Waals surface area contributed by atoms with Crippen LogP contribution >= 0.6 is 11.6 Å². The predicted molar refractivity (Wildman–Crippen MR) is 141 cm³/mol. The van der Waals surface area contributed by atoms with Crippen molar-refractivity contribution in [3.8, 4) is 0 Å². The molecule has 1 aliphatic carbocycles. The van der Waals surface area contributed by atoms with E-state index in [1.807, 2.05) is 39.0 Å². The molecular formula is C26H45ClN2O3Si. The number of rotatable bonds is 8. The molecule has 1 saturated carbocycles. The molecule has 0 spiro atoms. The first-order valence-electron chi connectivity index (χ1n) is 12.2. The molecule has 1 fully saturated rings. The van der Waals surface area contributed by atoms with Gasteiger partial charge in [-0.05, 0) is 82.3 Å². The van der Waals surface area contributed by atoms with Crippen LogP contribution in [0.25, 0.3) is 0 Å². The van der Waals surface area contributed by atoms with E-state index in [1.54, 1.807) is 0 Å². The van der Waals surface area contributed by atoms with Gasteiger partial charge in [0.25, 0.3) is 0 Å². The normalized spacial score (nSPS) is 22.2. The second kappa shape index (κ2) is 11.1. The van der Waals surface area contributed by atoms with Crippen molar-refractivity contribution in [2.45, 2.75) is 102 Å². The average molecular weight is 497 g/mol. The van der Waals surface area contributed by atoms with Crippen LogP contribution in [0.4, 0.5) is 4.79 Å². The second-order valence-electron chi connectivity index (χ2n) is 12.0. The van der Waals surface area contributed by atoms with Crippen LogP contribution < -0.4 is 10.6 Å². The molecule has 188 valence electrons. The fourth-order valence-electron chi connectivity index (χ4n) is 4.10. The number of hydrogen-bond acceptors (Lipinski definition) is 4. The highest BCUT2D eigenvalue weighted by Crippen LogP contribution is 2.40. The SMILES string of the molecule is CC(C)(C)OC(=O)NC[C@]1(c2cccc(Cl)c2)CC[C@H](NCCO[Si](C)(C)C(C)(C)C)CC1. The van der Waals surface area contributed by atoms with Gasteiger partial charge in [0.1, 0.15) is 5.60 Å². The Morgan fingerprint density at radius 3 is 2.33 bits per heavy atom. The van der Waals surface area contributed by atoms with Crippen LogP contribution in [0.5, 0.6) is 0 Å². The third-order valence-electron chi connectivity index (χ3n) is 7.15. The minimum absolute atomic E-state index is 0.141. The number of alkyl carbamates (subject to hydrolysis) is 1. The summed E-state index contributed by atoms with van der Waals surface area (Å²) in [4.78, 5) is 12.3. The standard InChI is InChI=1S/C26H45ClN2O3Si/c1-24(2,3)32-23(30)29-19-26(20-10-9-11-21(27)18-20)14-12-22(13-15-26)28-16-17-31-33(7,8)25(4,5)6/h9-11,18,22,28H,12-17,19H2,1-8H3,(H,29,30)/t22-,26-. The van der Waals surface area contributed by atoms with Crippen molar-refractivity contribution in [1.29, 1.82) is 0 Å². The van der Waals surface area contributed by atoms with E-state index in [0.29, 0.717) is 12.6 Å². The zero-order valence-corrected chi connectivity index (χ0v) is 23.7. The number of amides is 1. The van der Waals surface area contributed by atoms with Crippen LogP contribution in [0.2, 0.25) is 23.2 Å². The zero-order chi connectivity index (χ0) is 24.9. The molecule has 0 radical (unpaired) electrons. The molecule has 0 heterocycles. The topological polar surface area (TPSA) is 59.6 Å². The van der Waals surface area contributed by atoms with Crippen molar-refractivity contribution in [3.05, 3.63) is 34.9 Å². The molecule has 2 N–H and O–H groups in total. The monoisotopic (exact) mass is 496 g/mol. The lowest BCUT2D eigenvalue weighted by Crippen LogP contribution is -2.48. The van der Waals surface area contributed by atoms with Gasteiger partial charge >= 0.3 is 6.09 Å². The van der Waals surface area contributed by atoms with Gasteiger partial charge in [0.2, 0.25) is 0 Å². The number of carbonyl (C=O) groups is 1. The van der Waals surface area contributed by atoms with Crippen molar-refractivity contribution < 1.29 is 14.0 Å². The Kier molecular flexibility index (Phi) is 9.48. The van der Waals surface area contributed by atoms with Gasteiger partial charge in [-0.15, -0.1) is 0 Å². The molecule has 0 unspecified atom stereocenters. The lowest BCUT2D eigenvalue weighted by molar-refractivity contribution is 0.0505. The molecule has 0 atom stereocenters. The first-order chi connectivity index (χ1) is 15.1. The van der Waals surface area contributed by atoms with Gasteiger partial charge in [0.15, 0.2) is 8.32 Å². The molecule has 1 amide bonds. The Morgan fingerprint density at radius 1 is 1.15 bits per heavy atom. The summed E-state index contributed by atoms with van der Waals surface area (Å²) in [6.45, 7) is 19.2. The number of carbonyl (C=O) groups excluding carboxylic acids is 1. The zero-order valence-electron chi connectivity index (χ0n) is 21.9. The summed E-state index contributed by atoms with van der Waals surface area (Å²) >= 11 is 6.32.